The third-order valence-electron chi connectivity index (χ3n) is 2.29. The quantitative estimate of drug-likeness (QED) is 0.507. The summed E-state index contributed by atoms with van der Waals surface area (Å²) in [6.07, 6.45) is 1.59. The van der Waals surface area contributed by atoms with Crippen molar-refractivity contribution in [2.45, 2.75) is 33.6 Å². The van der Waals surface area contributed by atoms with Crippen LogP contribution in [0.1, 0.15) is 33.6 Å². The van der Waals surface area contributed by atoms with E-state index < -0.39 is 0 Å². The molecule has 0 amide bonds. The van der Waals surface area contributed by atoms with Gasteiger partial charge in [-0.05, 0) is 11.8 Å². The second kappa shape index (κ2) is 5.97. The number of methoxy groups -OCH3 is 1. The van der Waals surface area contributed by atoms with Crippen molar-refractivity contribution in [3.05, 3.63) is 0 Å². The maximum atomic E-state index is 10.7. The van der Waals surface area contributed by atoms with E-state index in [1.807, 2.05) is 0 Å². The zero-order valence-electron chi connectivity index (χ0n) is 9.14. The second-order valence-electron chi connectivity index (χ2n) is 4.02. The molecule has 0 radical (unpaired) electrons. The second-order valence-corrected chi connectivity index (χ2v) is 4.02. The first-order chi connectivity index (χ1) is 6.02. The van der Waals surface area contributed by atoms with Crippen molar-refractivity contribution >= 4 is 5.97 Å². The summed E-state index contributed by atoms with van der Waals surface area (Å²) in [5.74, 6) is -0.151. The van der Waals surface area contributed by atoms with Gasteiger partial charge in [-0.3, -0.25) is 4.79 Å². The lowest BCUT2D eigenvalue weighted by atomic mass is 9.90. The predicted octanol–water partition coefficient (Wildman–Crippen LogP) is 1.58. The highest BCUT2D eigenvalue weighted by Gasteiger charge is 2.13. The van der Waals surface area contributed by atoms with Crippen LogP contribution in [0.25, 0.3) is 0 Å². The lowest BCUT2D eigenvalue weighted by molar-refractivity contribution is -0.140. The third kappa shape index (κ3) is 6.58. The summed E-state index contributed by atoms with van der Waals surface area (Å²) in [5.41, 5.74) is 0.316. The molecule has 0 aromatic carbocycles. The van der Waals surface area contributed by atoms with E-state index in [4.69, 9.17) is 0 Å². The van der Waals surface area contributed by atoms with Gasteiger partial charge in [0.1, 0.15) is 0 Å². The Morgan fingerprint density at radius 3 is 2.54 bits per heavy atom. The number of rotatable bonds is 6. The first-order valence-electron chi connectivity index (χ1n) is 4.79. The van der Waals surface area contributed by atoms with Gasteiger partial charge in [-0.15, -0.1) is 0 Å². The smallest absolute Gasteiger partial charge is 0.306 e. The van der Waals surface area contributed by atoms with Crippen molar-refractivity contribution in [2.24, 2.45) is 5.41 Å². The fourth-order valence-electron chi connectivity index (χ4n) is 0.844. The predicted molar refractivity (Wildman–Crippen MR) is 53.6 cm³/mol. The summed E-state index contributed by atoms with van der Waals surface area (Å²) in [5, 5.41) is 3.24. The van der Waals surface area contributed by atoms with Gasteiger partial charge in [0.15, 0.2) is 0 Å². The van der Waals surface area contributed by atoms with E-state index >= 15 is 0 Å². The zero-order valence-corrected chi connectivity index (χ0v) is 9.14. The molecule has 0 unspecified atom stereocenters. The van der Waals surface area contributed by atoms with E-state index in [1.165, 1.54) is 7.11 Å². The summed E-state index contributed by atoms with van der Waals surface area (Å²) >= 11 is 0. The number of hydrogen-bond donors (Lipinski definition) is 1. The highest BCUT2D eigenvalue weighted by Crippen LogP contribution is 2.17. The molecule has 3 nitrogen and oxygen atoms in total. The van der Waals surface area contributed by atoms with Crippen molar-refractivity contribution in [3.63, 3.8) is 0 Å². The van der Waals surface area contributed by atoms with Crippen LogP contribution in [0.2, 0.25) is 0 Å². The Morgan fingerprint density at radius 1 is 1.46 bits per heavy atom. The largest absolute Gasteiger partial charge is 0.469 e. The SMILES string of the molecule is CCC(C)(C)CNCCC(=O)OC. The van der Waals surface area contributed by atoms with Crippen LogP contribution in [0.3, 0.4) is 0 Å². The Labute approximate surface area is 80.8 Å². The normalized spacial score (nSPS) is 11.4. The molecule has 0 saturated heterocycles. The standard InChI is InChI=1S/C10H21NO2/c1-5-10(2,3)8-11-7-6-9(12)13-4/h11H,5-8H2,1-4H3. The minimum Gasteiger partial charge on any atom is -0.469 e. The maximum absolute atomic E-state index is 10.7. The summed E-state index contributed by atoms with van der Waals surface area (Å²) in [6, 6.07) is 0. The van der Waals surface area contributed by atoms with Crippen LogP contribution in [-0.4, -0.2) is 26.2 Å². The average molecular weight is 187 g/mol. The summed E-state index contributed by atoms with van der Waals surface area (Å²) in [7, 11) is 1.41. The minimum atomic E-state index is -0.151. The van der Waals surface area contributed by atoms with Crippen LogP contribution in [0.4, 0.5) is 0 Å². The summed E-state index contributed by atoms with van der Waals surface area (Å²) in [6.45, 7) is 8.23. The Bertz CT molecular complexity index is 155. The molecule has 0 spiro atoms. The maximum Gasteiger partial charge on any atom is 0.306 e. The topological polar surface area (TPSA) is 38.3 Å². The molecule has 78 valence electrons. The molecule has 3 heteroatoms. The van der Waals surface area contributed by atoms with Crippen LogP contribution >= 0.6 is 0 Å². The van der Waals surface area contributed by atoms with Crippen LogP contribution in [0.5, 0.6) is 0 Å². The van der Waals surface area contributed by atoms with Crippen molar-refractivity contribution < 1.29 is 9.53 Å². The number of carbonyl (C=O) groups is 1. The zero-order chi connectivity index (χ0) is 10.3. The van der Waals surface area contributed by atoms with E-state index in [1.54, 1.807) is 0 Å². The average Bonchev–Trinajstić information content (AvgIpc) is 2.12. The van der Waals surface area contributed by atoms with Crippen LogP contribution in [-0.2, 0) is 9.53 Å². The molecule has 0 heterocycles. The van der Waals surface area contributed by atoms with Crippen LogP contribution < -0.4 is 5.32 Å². The fraction of sp³-hybridized carbons (Fsp3) is 0.900. The Morgan fingerprint density at radius 2 is 2.08 bits per heavy atom. The number of nitrogens with one attached hydrogen (secondary N) is 1. The van der Waals surface area contributed by atoms with E-state index in [0.29, 0.717) is 18.4 Å². The Kier molecular flexibility index (Phi) is 5.71. The van der Waals surface area contributed by atoms with Gasteiger partial charge in [0.05, 0.1) is 13.5 Å². The van der Waals surface area contributed by atoms with Crippen molar-refractivity contribution in [1.29, 1.82) is 0 Å². The first-order valence-corrected chi connectivity index (χ1v) is 4.79. The van der Waals surface area contributed by atoms with Crippen molar-refractivity contribution in [2.75, 3.05) is 20.2 Å². The van der Waals surface area contributed by atoms with E-state index in [2.05, 4.69) is 30.8 Å². The van der Waals surface area contributed by atoms with Gasteiger partial charge in [0.25, 0.3) is 0 Å². The number of ether oxygens (including phenoxy) is 1. The van der Waals surface area contributed by atoms with Gasteiger partial charge in [0.2, 0.25) is 0 Å². The van der Waals surface area contributed by atoms with Gasteiger partial charge in [-0.25, -0.2) is 0 Å². The molecule has 0 aromatic rings. The Hall–Kier alpha value is -0.570. The van der Waals surface area contributed by atoms with Crippen molar-refractivity contribution in [3.8, 4) is 0 Å². The molecular formula is C10H21NO2. The molecule has 1 N–H and O–H groups in total. The molecular weight excluding hydrogens is 166 g/mol. The van der Waals surface area contributed by atoms with Gasteiger partial charge >= 0.3 is 5.97 Å². The van der Waals surface area contributed by atoms with Gasteiger partial charge in [-0.2, -0.15) is 0 Å². The molecule has 0 aromatic heterocycles. The van der Waals surface area contributed by atoms with Crippen LogP contribution in [0.15, 0.2) is 0 Å². The third-order valence-corrected chi connectivity index (χ3v) is 2.29. The van der Waals surface area contributed by atoms with Gasteiger partial charge in [-0.1, -0.05) is 20.8 Å². The summed E-state index contributed by atoms with van der Waals surface area (Å²) in [4.78, 5) is 10.7. The Balaban J connectivity index is 3.41. The fourth-order valence-corrected chi connectivity index (χ4v) is 0.844. The van der Waals surface area contributed by atoms with Crippen LogP contribution in [0, 0.1) is 5.41 Å². The van der Waals surface area contributed by atoms with Gasteiger partial charge in [0, 0.05) is 13.1 Å². The molecule has 0 aliphatic rings. The van der Waals surface area contributed by atoms with E-state index in [9.17, 15) is 4.79 Å². The first kappa shape index (κ1) is 12.4. The summed E-state index contributed by atoms with van der Waals surface area (Å²) < 4.78 is 4.53. The minimum absolute atomic E-state index is 0.151. The number of esters is 1. The lowest BCUT2D eigenvalue weighted by Gasteiger charge is -2.22. The number of hydrogen-bond acceptors (Lipinski definition) is 3. The highest BCUT2D eigenvalue weighted by molar-refractivity contribution is 5.69. The van der Waals surface area contributed by atoms with Gasteiger partial charge < -0.3 is 10.1 Å². The molecule has 0 atom stereocenters. The molecule has 0 aliphatic carbocycles. The molecule has 0 saturated carbocycles. The highest BCUT2D eigenvalue weighted by atomic mass is 16.5. The van der Waals surface area contributed by atoms with E-state index in [0.717, 1.165) is 13.0 Å². The molecule has 13 heavy (non-hydrogen) atoms. The lowest BCUT2D eigenvalue weighted by Crippen LogP contribution is -2.30. The monoisotopic (exact) mass is 187 g/mol. The molecule has 0 fully saturated rings. The molecule has 0 bridgehead atoms. The molecule has 0 rings (SSSR count). The molecule has 0 aliphatic heterocycles. The number of carbonyl (C=O) groups excluding carboxylic acids is 1. The van der Waals surface area contributed by atoms with E-state index in [-0.39, 0.29) is 5.97 Å². The van der Waals surface area contributed by atoms with Crippen molar-refractivity contribution in [1.82, 2.24) is 5.32 Å².